The minimum atomic E-state index is -4.65. The summed E-state index contributed by atoms with van der Waals surface area (Å²) in [7, 11) is 1.12. The quantitative estimate of drug-likeness (QED) is 0.352. The van der Waals surface area contributed by atoms with Crippen molar-refractivity contribution in [3.8, 4) is 5.69 Å². The maximum Gasteiger partial charge on any atom is 0.435 e. The number of nitrogens with zero attached hydrogens (tertiary/aromatic N) is 2. The maximum atomic E-state index is 14.0. The summed E-state index contributed by atoms with van der Waals surface area (Å²) in [5.41, 5.74) is -0.496. The molecule has 0 aliphatic heterocycles. The Balaban J connectivity index is 1.76. The summed E-state index contributed by atoms with van der Waals surface area (Å²) in [4.78, 5) is 23.8. The van der Waals surface area contributed by atoms with Crippen molar-refractivity contribution in [2.75, 3.05) is 7.11 Å². The number of Topliss-reactive ketones (excluding diaryl/α,β-unsaturated/α-hetero) is 1. The smallest absolute Gasteiger partial charge is 0.435 e. The Labute approximate surface area is 185 Å². The van der Waals surface area contributed by atoms with Crippen molar-refractivity contribution >= 4 is 23.4 Å². The lowest BCUT2D eigenvalue weighted by atomic mass is 10.0. The summed E-state index contributed by atoms with van der Waals surface area (Å²) in [6.07, 6.45) is -4.90. The van der Waals surface area contributed by atoms with Gasteiger partial charge < -0.3 is 4.74 Å². The van der Waals surface area contributed by atoms with Gasteiger partial charge in [-0.3, -0.25) is 4.79 Å². The molecule has 10 heteroatoms. The number of aromatic nitrogens is 2. The van der Waals surface area contributed by atoms with E-state index in [1.54, 1.807) is 18.2 Å². The summed E-state index contributed by atoms with van der Waals surface area (Å²) in [6.45, 7) is 0. The van der Waals surface area contributed by atoms with Crippen LogP contribution in [0.25, 0.3) is 5.69 Å². The predicted octanol–water partition coefficient (Wildman–Crippen LogP) is 5.21. The molecule has 0 radical (unpaired) electrons. The van der Waals surface area contributed by atoms with Crippen molar-refractivity contribution in [1.29, 1.82) is 0 Å². The molecule has 0 spiro atoms. The molecule has 3 aromatic rings. The SMILES string of the molecule is COC(=O)c1ccc(CC(=O)CCc2cc(C(F)(F)F)nn2-c2cccc(Cl)c2)cc1F. The summed E-state index contributed by atoms with van der Waals surface area (Å²) in [5, 5.41) is 3.95. The van der Waals surface area contributed by atoms with Crippen LogP contribution in [0.3, 0.4) is 0 Å². The molecule has 0 aliphatic carbocycles. The van der Waals surface area contributed by atoms with Crippen LogP contribution in [0.15, 0.2) is 48.5 Å². The van der Waals surface area contributed by atoms with Crippen molar-refractivity contribution in [1.82, 2.24) is 9.78 Å². The minimum Gasteiger partial charge on any atom is -0.465 e. The van der Waals surface area contributed by atoms with Gasteiger partial charge in [-0.15, -0.1) is 0 Å². The fourth-order valence-electron chi connectivity index (χ4n) is 3.10. The van der Waals surface area contributed by atoms with E-state index in [0.717, 1.165) is 23.9 Å². The number of carbonyl (C=O) groups excluding carboxylic acids is 2. The molecule has 168 valence electrons. The number of carbonyl (C=O) groups is 2. The molecule has 2 aromatic carbocycles. The summed E-state index contributed by atoms with van der Waals surface area (Å²) in [6, 6.07) is 10.8. The number of benzene rings is 2. The molecule has 0 unspecified atom stereocenters. The number of rotatable bonds is 7. The van der Waals surface area contributed by atoms with Gasteiger partial charge in [0.2, 0.25) is 0 Å². The van der Waals surface area contributed by atoms with E-state index in [1.807, 2.05) is 0 Å². The van der Waals surface area contributed by atoms with Gasteiger partial charge in [0.05, 0.1) is 18.4 Å². The number of halogens is 5. The van der Waals surface area contributed by atoms with Gasteiger partial charge in [-0.2, -0.15) is 18.3 Å². The van der Waals surface area contributed by atoms with Gasteiger partial charge in [0.25, 0.3) is 0 Å². The van der Waals surface area contributed by atoms with E-state index in [1.165, 1.54) is 18.2 Å². The van der Waals surface area contributed by atoms with Crippen LogP contribution in [0.1, 0.15) is 33.7 Å². The number of methoxy groups -OCH3 is 1. The molecule has 0 N–H and O–H groups in total. The maximum absolute atomic E-state index is 14.0. The van der Waals surface area contributed by atoms with E-state index in [-0.39, 0.29) is 36.3 Å². The van der Waals surface area contributed by atoms with Crippen LogP contribution in [0, 0.1) is 5.82 Å². The average molecular weight is 469 g/mol. The van der Waals surface area contributed by atoms with Gasteiger partial charge >= 0.3 is 12.1 Å². The number of aryl methyl sites for hydroxylation is 1. The Morgan fingerprint density at radius 3 is 2.50 bits per heavy atom. The van der Waals surface area contributed by atoms with Gasteiger partial charge in [0.1, 0.15) is 11.6 Å². The van der Waals surface area contributed by atoms with Crippen molar-refractivity contribution in [3.05, 3.63) is 81.9 Å². The van der Waals surface area contributed by atoms with E-state index in [2.05, 4.69) is 9.84 Å². The van der Waals surface area contributed by atoms with Crippen LogP contribution < -0.4 is 0 Å². The highest BCUT2D eigenvalue weighted by atomic mass is 35.5. The first kappa shape index (κ1) is 23.5. The fraction of sp³-hybridized carbons (Fsp3) is 0.227. The molecule has 1 heterocycles. The van der Waals surface area contributed by atoms with Crippen molar-refractivity contribution in [2.45, 2.75) is 25.4 Å². The monoisotopic (exact) mass is 468 g/mol. The largest absolute Gasteiger partial charge is 0.465 e. The molecule has 0 aliphatic rings. The summed E-state index contributed by atoms with van der Waals surface area (Å²) in [5.74, 6) is -1.98. The highest BCUT2D eigenvalue weighted by molar-refractivity contribution is 6.30. The van der Waals surface area contributed by atoms with Crippen LogP contribution in [0.5, 0.6) is 0 Å². The zero-order valence-electron chi connectivity index (χ0n) is 16.7. The van der Waals surface area contributed by atoms with Crippen LogP contribution >= 0.6 is 11.6 Å². The molecule has 5 nitrogen and oxygen atoms in total. The van der Waals surface area contributed by atoms with E-state index in [4.69, 9.17) is 11.6 Å². The van der Waals surface area contributed by atoms with Crippen LogP contribution in [-0.4, -0.2) is 28.6 Å². The summed E-state index contributed by atoms with van der Waals surface area (Å²) < 4.78 is 59.1. The first-order chi connectivity index (χ1) is 15.1. The number of ether oxygens (including phenoxy) is 1. The zero-order valence-corrected chi connectivity index (χ0v) is 17.5. The third-order valence-electron chi connectivity index (χ3n) is 4.63. The Bertz CT molecular complexity index is 1160. The molecule has 1 aromatic heterocycles. The standard InChI is InChI=1S/C22H17ClF4N2O3/c1-32-21(31)18-8-5-13(10-19(18)24)9-17(30)7-6-16-12-20(22(25,26)27)28-29(16)15-4-2-3-14(23)11-15/h2-5,8,10-12H,6-7,9H2,1H3. The molecule has 3 rings (SSSR count). The van der Waals surface area contributed by atoms with Crippen LogP contribution in [0.2, 0.25) is 5.02 Å². The lowest BCUT2D eigenvalue weighted by Gasteiger charge is -2.08. The molecule has 0 atom stereocenters. The molecule has 0 saturated carbocycles. The number of hydrogen-bond acceptors (Lipinski definition) is 4. The van der Waals surface area contributed by atoms with Crippen molar-refractivity contribution < 1.29 is 31.9 Å². The molecular weight excluding hydrogens is 452 g/mol. The highest BCUT2D eigenvalue weighted by Gasteiger charge is 2.35. The number of alkyl halides is 3. The van der Waals surface area contributed by atoms with Crippen molar-refractivity contribution in [3.63, 3.8) is 0 Å². The molecule has 0 amide bonds. The Kier molecular flexibility index (Phi) is 6.98. The van der Waals surface area contributed by atoms with E-state index in [9.17, 15) is 27.2 Å². The lowest BCUT2D eigenvalue weighted by Crippen LogP contribution is -2.10. The normalized spacial score (nSPS) is 11.4. The summed E-state index contributed by atoms with van der Waals surface area (Å²) >= 11 is 5.94. The highest BCUT2D eigenvalue weighted by Crippen LogP contribution is 2.30. The van der Waals surface area contributed by atoms with E-state index in [0.29, 0.717) is 16.3 Å². The third-order valence-corrected chi connectivity index (χ3v) is 4.86. The number of esters is 1. The van der Waals surface area contributed by atoms with Gasteiger partial charge in [0, 0.05) is 23.6 Å². The zero-order chi connectivity index (χ0) is 23.5. The van der Waals surface area contributed by atoms with Gasteiger partial charge in [-0.25, -0.2) is 13.9 Å². The van der Waals surface area contributed by atoms with Crippen LogP contribution in [0.4, 0.5) is 17.6 Å². The lowest BCUT2D eigenvalue weighted by molar-refractivity contribution is -0.141. The Hall–Kier alpha value is -3.20. The molecule has 32 heavy (non-hydrogen) atoms. The van der Waals surface area contributed by atoms with Gasteiger partial charge in [-0.05, 0) is 48.4 Å². The third kappa shape index (κ3) is 5.53. The predicted molar refractivity (Wildman–Crippen MR) is 108 cm³/mol. The second-order valence-corrected chi connectivity index (χ2v) is 7.37. The fourth-order valence-corrected chi connectivity index (χ4v) is 3.28. The molecular formula is C22H17ClF4N2O3. The van der Waals surface area contributed by atoms with Crippen molar-refractivity contribution in [2.24, 2.45) is 0 Å². The first-order valence-corrected chi connectivity index (χ1v) is 9.77. The molecule has 0 saturated heterocycles. The van der Waals surface area contributed by atoms with Crippen LogP contribution in [-0.2, 0) is 28.5 Å². The molecule has 0 fully saturated rings. The van der Waals surface area contributed by atoms with Gasteiger partial charge in [0.15, 0.2) is 5.69 Å². The average Bonchev–Trinajstić information content (AvgIpc) is 3.17. The van der Waals surface area contributed by atoms with E-state index < -0.39 is 23.7 Å². The number of hydrogen-bond donors (Lipinski definition) is 0. The first-order valence-electron chi connectivity index (χ1n) is 9.39. The Morgan fingerprint density at radius 1 is 1.12 bits per heavy atom. The van der Waals surface area contributed by atoms with Gasteiger partial charge in [-0.1, -0.05) is 23.7 Å². The number of ketones is 1. The van der Waals surface area contributed by atoms with E-state index >= 15 is 0 Å². The second kappa shape index (κ2) is 9.52. The molecule has 0 bridgehead atoms. The topological polar surface area (TPSA) is 61.2 Å². The minimum absolute atomic E-state index is 0.0167. The Morgan fingerprint density at radius 2 is 1.88 bits per heavy atom. The second-order valence-electron chi connectivity index (χ2n) is 6.93.